The Morgan fingerprint density at radius 2 is 1.19 bits per heavy atom. The average Bonchev–Trinajstić information content (AvgIpc) is 4.25. The molecular weight excluding hydrogens is 941 g/mol. The molecule has 3 unspecified atom stereocenters. The predicted molar refractivity (Wildman–Crippen MR) is 316 cm³/mol. The zero-order chi connectivity index (χ0) is 51.8. The molecule has 10 aromatic rings. The van der Waals surface area contributed by atoms with Gasteiger partial charge in [0.25, 0.3) is 0 Å². The van der Waals surface area contributed by atoms with Crippen molar-refractivity contribution in [3.63, 3.8) is 0 Å². The number of furan rings is 2. The normalized spacial score (nSPS) is 19.8. The van der Waals surface area contributed by atoms with Gasteiger partial charge in [0.2, 0.25) is 0 Å². The van der Waals surface area contributed by atoms with Crippen LogP contribution in [0.1, 0.15) is 130 Å². The van der Waals surface area contributed by atoms with Crippen molar-refractivity contribution in [1.29, 1.82) is 10.5 Å². The monoisotopic (exact) mass is 1000 g/mol. The molecule has 0 radical (unpaired) electrons. The van der Waals surface area contributed by atoms with Crippen molar-refractivity contribution in [2.24, 2.45) is 5.92 Å². The topological polar surface area (TPSA) is 82.0 Å². The van der Waals surface area contributed by atoms with Crippen LogP contribution in [0.3, 0.4) is 0 Å². The van der Waals surface area contributed by atoms with E-state index in [0.29, 0.717) is 17.0 Å². The summed E-state index contributed by atoms with van der Waals surface area (Å²) in [7, 11) is 0. The molecule has 6 heteroatoms. The molecule has 77 heavy (non-hydrogen) atoms. The molecule has 3 atom stereocenters. The number of allylic oxidation sites excluding steroid dienone is 4. The number of anilines is 2. The van der Waals surface area contributed by atoms with Gasteiger partial charge in [-0.15, -0.1) is 0 Å². The Labute approximate surface area is 450 Å². The molecule has 0 N–H and O–H groups in total. The van der Waals surface area contributed by atoms with Crippen LogP contribution in [-0.2, 0) is 12.8 Å². The molecule has 4 aliphatic rings. The number of rotatable bonds is 4. The maximum atomic E-state index is 12.2. The third kappa shape index (κ3) is 7.70. The van der Waals surface area contributed by atoms with Gasteiger partial charge in [0.05, 0.1) is 39.1 Å². The number of para-hydroxylation sites is 2. The lowest BCUT2D eigenvalue weighted by Gasteiger charge is -2.41. The Hall–Kier alpha value is -8.32. The molecule has 0 amide bonds. The van der Waals surface area contributed by atoms with Crippen LogP contribution in [0.4, 0.5) is 11.4 Å². The lowest BCUT2D eigenvalue weighted by Crippen LogP contribution is -2.47. The van der Waals surface area contributed by atoms with Crippen molar-refractivity contribution in [3.8, 4) is 29.0 Å². The highest BCUT2D eigenvalue weighted by molar-refractivity contribution is 6.18. The van der Waals surface area contributed by atoms with E-state index in [4.69, 9.17) is 8.83 Å². The molecule has 0 bridgehead atoms. The number of aromatic nitrogens is 1. The maximum absolute atomic E-state index is 12.2. The smallest absolute Gasteiger partial charge is 0.137 e. The van der Waals surface area contributed by atoms with Crippen molar-refractivity contribution < 1.29 is 8.83 Å². The van der Waals surface area contributed by atoms with E-state index in [1.807, 2.05) is 18.2 Å². The molecule has 0 saturated carbocycles. The highest BCUT2D eigenvalue weighted by Crippen LogP contribution is 2.57. The van der Waals surface area contributed by atoms with Crippen molar-refractivity contribution >= 4 is 83.8 Å². The van der Waals surface area contributed by atoms with E-state index >= 15 is 0 Å². The largest absolute Gasteiger partial charge is 0.456 e. The highest BCUT2D eigenvalue weighted by Gasteiger charge is 2.50. The molecular formula is C71H62N4O2. The Morgan fingerprint density at radius 3 is 1.92 bits per heavy atom. The van der Waals surface area contributed by atoms with E-state index < -0.39 is 5.54 Å². The van der Waals surface area contributed by atoms with Crippen LogP contribution in [-0.4, -0.2) is 10.1 Å². The van der Waals surface area contributed by atoms with Crippen molar-refractivity contribution in [2.75, 3.05) is 4.90 Å². The van der Waals surface area contributed by atoms with Gasteiger partial charge >= 0.3 is 0 Å². The second-order valence-corrected chi connectivity index (χ2v) is 22.7. The number of hydrogen-bond acceptors (Lipinski definition) is 5. The van der Waals surface area contributed by atoms with E-state index in [9.17, 15) is 10.5 Å². The maximum Gasteiger partial charge on any atom is 0.137 e. The molecule has 6 nitrogen and oxygen atoms in total. The fourth-order valence-electron chi connectivity index (χ4n) is 14.1. The van der Waals surface area contributed by atoms with Crippen molar-refractivity contribution in [1.82, 2.24) is 4.57 Å². The van der Waals surface area contributed by atoms with E-state index in [-0.39, 0.29) is 5.92 Å². The molecule has 0 saturated heterocycles. The summed E-state index contributed by atoms with van der Waals surface area (Å²) in [6.45, 7) is 4.63. The van der Waals surface area contributed by atoms with Crippen LogP contribution in [0.15, 0.2) is 154 Å². The fourth-order valence-corrected chi connectivity index (χ4v) is 14.1. The Balaban J connectivity index is 1.08. The van der Waals surface area contributed by atoms with E-state index in [1.54, 1.807) is 0 Å². The molecule has 4 heterocycles. The molecule has 3 aliphatic carbocycles. The summed E-state index contributed by atoms with van der Waals surface area (Å²) in [5.74, 6) is 0.366. The summed E-state index contributed by atoms with van der Waals surface area (Å²) < 4.78 is 15.8. The van der Waals surface area contributed by atoms with Crippen LogP contribution in [0.2, 0.25) is 0 Å². The summed E-state index contributed by atoms with van der Waals surface area (Å²) in [4.78, 5) is 2.49. The first-order valence-electron chi connectivity index (χ1n) is 28.4. The number of fused-ring (bicyclic) bond motifs is 13. The molecule has 14 rings (SSSR count). The summed E-state index contributed by atoms with van der Waals surface area (Å²) in [5, 5.41) is 30.8. The molecule has 0 fully saturated rings. The van der Waals surface area contributed by atoms with Gasteiger partial charge in [-0.1, -0.05) is 168 Å². The SMILES string of the molecule is CC1C=CC=C(c2ccc3c(c2)C2C=c4c(oc5ccccc45)=CC2(C)N3c2c(C#N)c(C#N)c(-n3c4ccc(-c5ccccc5)cc4c4cc5c(cc43)oc3ccccc35)c3c2CCCCCCCCCCCCC3)C1. The van der Waals surface area contributed by atoms with Gasteiger partial charge in [0, 0.05) is 49.8 Å². The lowest BCUT2D eigenvalue weighted by atomic mass is 9.78. The molecule has 378 valence electrons. The van der Waals surface area contributed by atoms with E-state index in [1.165, 1.54) is 72.8 Å². The summed E-state index contributed by atoms with van der Waals surface area (Å²) in [5.41, 5.74) is 16.6. The van der Waals surface area contributed by atoms with Gasteiger partial charge in [0.15, 0.2) is 0 Å². The van der Waals surface area contributed by atoms with E-state index in [2.05, 4.69) is 175 Å². The number of nitrogens with zero attached hydrogens (tertiary/aromatic N) is 4. The first kappa shape index (κ1) is 47.2. The van der Waals surface area contributed by atoms with Crippen LogP contribution in [0.25, 0.3) is 89.3 Å². The van der Waals surface area contributed by atoms with Crippen LogP contribution in [0.5, 0.6) is 0 Å². The molecule has 1 aliphatic heterocycles. The van der Waals surface area contributed by atoms with Gasteiger partial charge in [-0.2, -0.15) is 10.5 Å². The molecule has 0 spiro atoms. The second kappa shape index (κ2) is 19.1. The fraction of sp³-hybridized carbons (Fsp3) is 0.268. The van der Waals surface area contributed by atoms with Gasteiger partial charge in [-0.25, -0.2) is 0 Å². The molecule has 7 aromatic carbocycles. The van der Waals surface area contributed by atoms with Gasteiger partial charge in [0.1, 0.15) is 34.3 Å². The van der Waals surface area contributed by atoms with Gasteiger partial charge in [-0.05, 0) is 132 Å². The third-order valence-corrected chi connectivity index (χ3v) is 17.8. The summed E-state index contributed by atoms with van der Waals surface area (Å²) in [6.07, 6.45) is 26.9. The number of benzene rings is 7. The first-order chi connectivity index (χ1) is 37.9. The summed E-state index contributed by atoms with van der Waals surface area (Å²) >= 11 is 0. The predicted octanol–water partition coefficient (Wildman–Crippen LogP) is 17.5. The first-order valence-corrected chi connectivity index (χ1v) is 28.4. The lowest BCUT2D eigenvalue weighted by molar-refractivity contribution is 0.534. The minimum Gasteiger partial charge on any atom is -0.456 e. The Bertz CT molecular complexity index is 4320. The Kier molecular flexibility index (Phi) is 11.7. The minimum atomic E-state index is -0.700. The number of hydrogen-bond donors (Lipinski definition) is 0. The van der Waals surface area contributed by atoms with Crippen LogP contribution >= 0.6 is 0 Å². The molecule has 3 aromatic heterocycles. The van der Waals surface area contributed by atoms with Gasteiger partial charge < -0.3 is 18.3 Å². The minimum absolute atomic E-state index is 0.0832. The van der Waals surface area contributed by atoms with E-state index in [0.717, 1.165) is 138 Å². The quantitative estimate of drug-likeness (QED) is 0.175. The Morgan fingerprint density at radius 1 is 0.558 bits per heavy atom. The summed E-state index contributed by atoms with van der Waals surface area (Å²) in [6, 6.07) is 51.2. The zero-order valence-electron chi connectivity index (χ0n) is 44.2. The second-order valence-electron chi connectivity index (χ2n) is 22.7. The standard InChI is InChI=1S/C71H62N4O2/c1-45-22-21-25-47(36-45)49-33-35-63-58(38-49)61-40-57-51-27-18-20-31-66(51)77-68(57)42-71(61,2)75(63)70-53-29-16-11-9-7-5-3-4-6-8-10-15-28-52(53)69(59(43-72)60(70)44-73)74-62-34-32-48(46-23-13-12-14-24-46)37-54(62)55-39-56-50-26-17-19-30-65(50)76-67(56)41-64(55)74/h12-14,17-27,30-35,37-42,45,61H,3-11,15-16,28-29,36H2,1-2H3. The third-order valence-electron chi connectivity index (χ3n) is 17.8. The zero-order valence-corrected chi connectivity index (χ0v) is 44.2. The average molecular weight is 1000 g/mol. The van der Waals surface area contributed by atoms with Crippen LogP contribution < -0.4 is 15.5 Å². The highest BCUT2D eigenvalue weighted by atomic mass is 16.3. The number of nitriles is 2. The van der Waals surface area contributed by atoms with Gasteiger partial charge in [-0.3, -0.25) is 0 Å². The van der Waals surface area contributed by atoms with Crippen LogP contribution in [0, 0.1) is 28.6 Å². The van der Waals surface area contributed by atoms with Crippen molar-refractivity contribution in [3.05, 3.63) is 190 Å². The van der Waals surface area contributed by atoms with Crippen molar-refractivity contribution in [2.45, 2.75) is 115 Å².